The second-order valence-electron chi connectivity index (χ2n) is 5.25. The molecule has 6 heteroatoms. The van der Waals surface area contributed by atoms with Crippen LogP contribution in [0, 0.1) is 13.8 Å². The minimum Gasteiger partial charge on any atom is -0.497 e. The van der Waals surface area contributed by atoms with Crippen molar-refractivity contribution >= 4 is 10.0 Å². The fourth-order valence-electron chi connectivity index (χ4n) is 2.68. The van der Waals surface area contributed by atoms with Crippen molar-refractivity contribution in [3.8, 4) is 5.75 Å². The number of hydrogen-bond donors (Lipinski definition) is 2. The Labute approximate surface area is 120 Å². The Hall–Kier alpha value is -1.11. The smallest absolute Gasteiger partial charge is 0.241 e. The predicted octanol–water partition coefficient (Wildman–Crippen LogP) is 1.34. The van der Waals surface area contributed by atoms with Gasteiger partial charge >= 0.3 is 0 Å². The number of piperidine rings is 1. The van der Waals surface area contributed by atoms with Crippen molar-refractivity contribution in [1.82, 2.24) is 10.0 Å². The molecule has 0 saturated carbocycles. The Morgan fingerprint density at radius 2 is 1.95 bits per heavy atom. The van der Waals surface area contributed by atoms with Gasteiger partial charge in [-0.15, -0.1) is 0 Å². The number of hydrogen-bond acceptors (Lipinski definition) is 4. The number of sulfonamides is 1. The lowest BCUT2D eigenvalue weighted by molar-refractivity contribution is 0.413. The third-order valence-corrected chi connectivity index (χ3v) is 5.38. The molecular formula is C14H22N2O3S. The number of benzene rings is 1. The molecule has 0 aromatic heterocycles. The SMILES string of the molecule is COc1cc(C)c(S(=O)(=O)NC2CCCNC2)c(C)c1. The van der Waals surface area contributed by atoms with Gasteiger partial charge in [0.1, 0.15) is 5.75 Å². The zero-order chi connectivity index (χ0) is 14.8. The van der Waals surface area contributed by atoms with E-state index in [-0.39, 0.29) is 6.04 Å². The van der Waals surface area contributed by atoms with Gasteiger partial charge in [0, 0.05) is 12.6 Å². The number of rotatable bonds is 4. The first-order valence-corrected chi connectivity index (χ1v) is 8.30. The maximum atomic E-state index is 12.6. The van der Waals surface area contributed by atoms with Crippen LogP contribution in [0.3, 0.4) is 0 Å². The third kappa shape index (κ3) is 3.31. The molecule has 1 aliphatic heterocycles. The molecule has 2 rings (SSSR count). The van der Waals surface area contributed by atoms with Crippen LogP contribution in [0.5, 0.6) is 5.75 Å². The van der Waals surface area contributed by atoms with Crippen LogP contribution in [0.25, 0.3) is 0 Å². The van der Waals surface area contributed by atoms with Crippen LogP contribution >= 0.6 is 0 Å². The molecule has 1 atom stereocenters. The normalized spacial score (nSPS) is 19.9. The summed E-state index contributed by atoms with van der Waals surface area (Å²) in [6.07, 6.45) is 1.87. The molecule has 1 saturated heterocycles. The van der Waals surface area contributed by atoms with Crippen LogP contribution in [0.15, 0.2) is 17.0 Å². The first-order chi connectivity index (χ1) is 9.44. The van der Waals surface area contributed by atoms with Gasteiger partial charge < -0.3 is 10.1 Å². The molecule has 0 bridgehead atoms. The molecule has 112 valence electrons. The molecule has 1 aromatic rings. The van der Waals surface area contributed by atoms with E-state index in [2.05, 4.69) is 10.0 Å². The van der Waals surface area contributed by atoms with E-state index in [1.165, 1.54) is 0 Å². The lowest BCUT2D eigenvalue weighted by atomic mass is 10.1. The highest BCUT2D eigenvalue weighted by molar-refractivity contribution is 7.89. The minimum atomic E-state index is -3.49. The summed E-state index contributed by atoms with van der Waals surface area (Å²) in [5.74, 6) is 0.679. The Morgan fingerprint density at radius 1 is 1.30 bits per heavy atom. The van der Waals surface area contributed by atoms with Gasteiger partial charge in [0.25, 0.3) is 0 Å². The average molecular weight is 298 g/mol. The van der Waals surface area contributed by atoms with E-state index < -0.39 is 10.0 Å². The molecule has 1 fully saturated rings. The maximum Gasteiger partial charge on any atom is 0.241 e. The Kier molecular flexibility index (Phi) is 4.67. The summed E-state index contributed by atoms with van der Waals surface area (Å²) < 4.78 is 33.1. The second kappa shape index (κ2) is 6.11. The van der Waals surface area contributed by atoms with Gasteiger partial charge in [0.05, 0.1) is 12.0 Å². The summed E-state index contributed by atoms with van der Waals surface area (Å²) in [6, 6.07) is 3.47. The summed E-state index contributed by atoms with van der Waals surface area (Å²) in [5.41, 5.74) is 1.41. The standard InChI is InChI=1S/C14H22N2O3S/c1-10-7-13(19-3)8-11(2)14(10)20(17,18)16-12-5-4-6-15-9-12/h7-8,12,15-16H,4-6,9H2,1-3H3. The van der Waals surface area contributed by atoms with E-state index in [1.807, 2.05) is 0 Å². The van der Waals surface area contributed by atoms with Crippen LogP contribution < -0.4 is 14.8 Å². The van der Waals surface area contributed by atoms with Crippen LogP contribution in [0.1, 0.15) is 24.0 Å². The Balaban J connectivity index is 2.29. The monoisotopic (exact) mass is 298 g/mol. The summed E-state index contributed by atoms with van der Waals surface area (Å²) in [7, 11) is -1.91. The zero-order valence-electron chi connectivity index (χ0n) is 12.2. The van der Waals surface area contributed by atoms with E-state index in [9.17, 15) is 8.42 Å². The number of methoxy groups -OCH3 is 1. The lowest BCUT2D eigenvalue weighted by Crippen LogP contribution is -2.45. The van der Waals surface area contributed by atoms with Crippen molar-refractivity contribution in [1.29, 1.82) is 0 Å². The topological polar surface area (TPSA) is 67.4 Å². The fraction of sp³-hybridized carbons (Fsp3) is 0.571. The van der Waals surface area contributed by atoms with Crippen LogP contribution in [-0.2, 0) is 10.0 Å². The second-order valence-corrected chi connectivity index (χ2v) is 6.91. The van der Waals surface area contributed by atoms with Gasteiger partial charge in [-0.05, 0) is 56.5 Å². The molecule has 1 aromatic carbocycles. The highest BCUT2D eigenvalue weighted by Gasteiger charge is 2.25. The van der Waals surface area contributed by atoms with Gasteiger partial charge in [0.2, 0.25) is 10.0 Å². The molecule has 0 amide bonds. The molecule has 2 N–H and O–H groups in total. The fourth-order valence-corrected chi connectivity index (χ4v) is 4.41. The average Bonchev–Trinajstić information content (AvgIpc) is 2.37. The first-order valence-electron chi connectivity index (χ1n) is 6.82. The highest BCUT2D eigenvalue weighted by Crippen LogP contribution is 2.26. The molecule has 20 heavy (non-hydrogen) atoms. The Morgan fingerprint density at radius 3 is 2.45 bits per heavy atom. The van der Waals surface area contributed by atoms with Crippen molar-refractivity contribution < 1.29 is 13.2 Å². The van der Waals surface area contributed by atoms with E-state index in [4.69, 9.17) is 4.74 Å². The zero-order valence-corrected chi connectivity index (χ0v) is 13.0. The van der Waals surface area contributed by atoms with E-state index >= 15 is 0 Å². The van der Waals surface area contributed by atoms with E-state index in [0.29, 0.717) is 28.3 Å². The predicted molar refractivity (Wildman–Crippen MR) is 78.7 cm³/mol. The third-order valence-electron chi connectivity index (χ3n) is 3.56. The lowest BCUT2D eigenvalue weighted by Gasteiger charge is -2.24. The largest absolute Gasteiger partial charge is 0.497 e. The quantitative estimate of drug-likeness (QED) is 0.880. The molecule has 5 nitrogen and oxygen atoms in total. The van der Waals surface area contributed by atoms with Crippen LogP contribution in [0.2, 0.25) is 0 Å². The van der Waals surface area contributed by atoms with Gasteiger partial charge in [-0.3, -0.25) is 0 Å². The van der Waals surface area contributed by atoms with Crippen LogP contribution in [-0.4, -0.2) is 34.7 Å². The number of aryl methyl sites for hydroxylation is 2. The van der Waals surface area contributed by atoms with Crippen molar-refractivity contribution in [2.75, 3.05) is 20.2 Å². The van der Waals surface area contributed by atoms with Gasteiger partial charge in [0.15, 0.2) is 0 Å². The van der Waals surface area contributed by atoms with Crippen molar-refractivity contribution in [2.24, 2.45) is 0 Å². The maximum absolute atomic E-state index is 12.6. The first kappa shape index (κ1) is 15.3. The van der Waals surface area contributed by atoms with Crippen LogP contribution in [0.4, 0.5) is 0 Å². The van der Waals surface area contributed by atoms with Gasteiger partial charge in [-0.25, -0.2) is 13.1 Å². The van der Waals surface area contributed by atoms with Gasteiger partial charge in [-0.2, -0.15) is 0 Å². The molecule has 0 radical (unpaired) electrons. The summed E-state index contributed by atoms with van der Waals surface area (Å²) in [5, 5.41) is 3.21. The molecular weight excluding hydrogens is 276 g/mol. The molecule has 1 aliphatic rings. The number of ether oxygens (including phenoxy) is 1. The van der Waals surface area contributed by atoms with E-state index in [0.717, 1.165) is 19.4 Å². The number of nitrogens with one attached hydrogen (secondary N) is 2. The Bertz CT molecular complexity index is 555. The molecule has 0 aliphatic carbocycles. The summed E-state index contributed by atoms with van der Waals surface area (Å²) in [6.45, 7) is 5.23. The van der Waals surface area contributed by atoms with Crippen molar-refractivity contribution in [3.63, 3.8) is 0 Å². The minimum absolute atomic E-state index is 0.0327. The van der Waals surface area contributed by atoms with Crippen molar-refractivity contribution in [2.45, 2.75) is 37.6 Å². The highest BCUT2D eigenvalue weighted by atomic mass is 32.2. The van der Waals surface area contributed by atoms with E-state index in [1.54, 1.807) is 33.1 Å². The molecule has 1 heterocycles. The summed E-state index contributed by atoms with van der Waals surface area (Å²) >= 11 is 0. The van der Waals surface area contributed by atoms with Crippen molar-refractivity contribution in [3.05, 3.63) is 23.3 Å². The van der Waals surface area contributed by atoms with Gasteiger partial charge in [-0.1, -0.05) is 0 Å². The summed E-state index contributed by atoms with van der Waals surface area (Å²) in [4.78, 5) is 0.365. The molecule has 1 unspecified atom stereocenters. The molecule has 0 spiro atoms.